The Hall–Kier alpha value is -1.65. The van der Waals surface area contributed by atoms with Crippen LogP contribution in [-0.4, -0.2) is 39.5 Å². The molecule has 3 aromatic rings. The van der Waals surface area contributed by atoms with Gasteiger partial charge in [0.25, 0.3) is 11.8 Å². The minimum atomic E-state index is -2.78. The Morgan fingerprint density at radius 3 is 2.63 bits per heavy atom. The van der Waals surface area contributed by atoms with Crippen LogP contribution in [-0.2, 0) is 0 Å². The largest absolute Gasteiger partial charge is 0.349 e. The molecule has 30 heavy (non-hydrogen) atoms. The molecule has 0 radical (unpaired) electrons. The number of carbonyl (C=O) groups is 1. The topological polar surface area (TPSA) is 63.1 Å². The van der Waals surface area contributed by atoms with Crippen molar-refractivity contribution in [1.29, 1.82) is 0 Å². The molecule has 2 aromatic heterocycles. The van der Waals surface area contributed by atoms with E-state index in [-0.39, 0.29) is 18.9 Å². The third-order valence-electron chi connectivity index (χ3n) is 4.70. The molecular weight excluding hydrogens is 590 g/mol. The van der Waals surface area contributed by atoms with Gasteiger partial charge in [-0.25, -0.2) is 18.2 Å². The number of nitrogens with zero attached hydrogens (tertiary/aromatic N) is 4. The Morgan fingerprint density at radius 1 is 1.23 bits per heavy atom. The minimum absolute atomic E-state index is 0.161. The van der Waals surface area contributed by atoms with Gasteiger partial charge < -0.3 is 10.2 Å². The maximum Gasteiger partial charge on any atom is 0.266 e. The van der Waals surface area contributed by atoms with Crippen molar-refractivity contribution in [3.8, 4) is 11.3 Å². The normalized spacial score (nSPS) is 15.8. The number of amides is 1. The molecule has 1 N–H and O–H groups in total. The van der Waals surface area contributed by atoms with E-state index in [0.29, 0.717) is 34.7 Å². The molecule has 11 heteroatoms. The van der Waals surface area contributed by atoms with Crippen molar-refractivity contribution in [1.82, 2.24) is 14.5 Å². The Labute approximate surface area is 194 Å². The standard InChI is InChI=1S/C19H16BrF2IN5OP/c20-13-3-1-12(2-4-13)18(29)25-16-14(15-6-9-28(26-15)30-23)5-8-24-17(16)27-10-7-19(21,22)11-27/h1-6,8-9,30H,7,10-11H2,(H,25,29). The van der Waals surface area contributed by atoms with Crippen LogP contribution >= 0.6 is 44.3 Å². The molecule has 1 fully saturated rings. The van der Waals surface area contributed by atoms with Crippen molar-refractivity contribution in [2.24, 2.45) is 0 Å². The van der Waals surface area contributed by atoms with Crippen molar-refractivity contribution in [3.63, 3.8) is 0 Å². The summed E-state index contributed by atoms with van der Waals surface area (Å²) in [6.07, 6.45) is 3.57. The second-order valence-corrected chi connectivity index (χ2v) is 9.77. The highest BCUT2D eigenvalue weighted by atomic mass is 127. The summed E-state index contributed by atoms with van der Waals surface area (Å²) in [6, 6.07) is 10.5. The van der Waals surface area contributed by atoms with Gasteiger partial charge in [-0.15, -0.1) is 0 Å². The van der Waals surface area contributed by atoms with Gasteiger partial charge in [-0.1, -0.05) is 15.9 Å². The number of alkyl halides is 2. The average molecular weight is 606 g/mol. The van der Waals surface area contributed by atoms with E-state index in [2.05, 4.69) is 53.4 Å². The molecular formula is C19H16BrF2IN5OP. The van der Waals surface area contributed by atoms with Crippen molar-refractivity contribution in [3.05, 3.63) is 58.8 Å². The number of hydrogen-bond acceptors (Lipinski definition) is 4. The molecule has 6 nitrogen and oxygen atoms in total. The van der Waals surface area contributed by atoms with Gasteiger partial charge in [-0.3, -0.25) is 4.79 Å². The van der Waals surface area contributed by atoms with Crippen molar-refractivity contribution < 1.29 is 13.6 Å². The Bertz CT molecular complexity index is 1080. The summed E-state index contributed by atoms with van der Waals surface area (Å²) in [5.74, 6) is -2.81. The number of benzene rings is 1. The van der Waals surface area contributed by atoms with E-state index in [9.17, 15) is 13.6 Å². The van der Waals surface area contributed by atoms with E-state index in [1.165, 1.54) is 4.90 Å². The lowest BCUT2D eigenvalue weighted by Crippen LogP contribution is -2.27. The summed E-state index contributed by atoms with van der Waals surface area (Å²) in [5, 5.41) is 7.41. The average Bonchev–Trinajstić information content (AvgIpc) is 3.34. The lowest BCUT2D eigenvalue weighted by Gasteiger charge is -2.22. The van der Waals surface area contributed by atoms with E-state index < -0.39 is 12.5 Å². The molecule has 0 saturated carbocycles. The molecule has 1 aliphatic rings. The number of nitrogens with one attached hydrogen (secondary N) is 1. The predicted octanol–water partition coefficient (Wildman–Crippen LogP) is 5.60. The third-order valence-corrected chi connectivity index (χ3v) is 7.13. The van der Waals surface area contributed by atoms with Crippen molar-refractivity contribution >= 4 is 61.8 Å². The fourth-order valence-corrected chi connectivity index (χ4v) is 4.59. The third kappa shape index (κ3) is 4.65. The highest BCUT2D eigenvalue weighted by molar-refractivity contribution is 14.2. The fraction of sp³-hybridized carbons (Fsp3) is 0.211. The summed E-state index contributed by atoms with van der Waals surface area (Å²) in [4.78, 5) is 18.8. The van der Waals surface area contributed by atoms with Crippen LogP contribution in [0.3, 0.4) is 0 Å². The first-order valence-electron chi connectivity index (χ1n) is 8.98. The first-order chi connectivity index (χ1) is 14.4. The molecule has 1 saturated heterocycles. The molecule has 1 atom stereocenters. The summed E-state index contributed by atoms with van der Waals surface area (Å²) in [7, 11) is 0. The van der Waals surface area contributed by atoms with Crippen LogP contribution in [0.25, 0.3) is 11.3 Å². The second kappa shape index (κ2) is 8.84. The van der Waals surface area contributed by atoms with Crippen molar-refractivity contribution in [2.45, 2.75) is 12.3 Å². The molecule has 1 amide bonds. The highest BCUT2D eigenvalue weighted by Crippen LogP contribution is 2.39. The van der Waals surface area contributed by atoms with E-state index in [4.69, 9.17) is 0 Å². The summed E-state index contributed by atoms with van der Waals surface area (Å²) >= 11 is 5.57. The number of rotatable bonds is 5. The van der Waals surface area contributed by atoms with E-state index in [1.807, 2.05) is 12.3 Å². The van der Waals surface area contributed by atoms with Crippen LogP contribution in [0.15, 0.2) is 53.3 Å². The summed E-state index contributed by atoms with van der Waals surface area (Å²) in [6.45, 7) is -0.275. The first kappa shape index (κ1) is 21.6. The molecule has 1 aliphatic heterocycles. The predicted molar refractivity (Wildman–Crippen MR) is 127 cm³/mol. The van der Waals surface area contributed by atoms with Gasteiger partial charge in [0.2, 0.25) is 0 Å². The van der Waals surface area contributed by atoms with Gasteiger partial charge in [0, 0.05) is 41.0 Å². The van der Waals surface area contributed by atoms with Crippen LogP contribution in [0.1, 0.15) is 16.8 Å². The number of pyridine rings is 1. The molecule has 1 aromatic carbocycles. The summed E-state index contributed by atoms with van der Waals surface area (Å²) < 4.78 is 30.4. The van der Waals surface area contributed by atoms with Crippen LogP contribution in [0.5, 0.6) is 0 Å². The molecule has 0 spiro atoms. The second-order valence-electron chi connectivity index (χ2n) is 6.78. The van der Waals surface area contributed by atoms with E-state index >= 15 is 0 Å². The Morgan fingerprint density at radius 2 is 2.00 bits per heavy atom. The molecule has 4 rings (SSSR count). The molecule has 1 unspecified atom stereocenters. The number of anilines is 2. The van der Waals surface area contributed by atoms with Gasteiger partial charge in [0.15, 0.2) is 5.82 Å². The SMILES string of the molecule is O=C(Nc1c(-c2ccn(PI)n2)ccnc1N1CCC(F)(F)C1)c1ccc(Br)cc1. The zero-order valence-corrected chi connectivity index (χ0v) is 20.2. The van der Waals surface area contributed by atoms with Gasteiger partial charge in [-0.05, 0) is 58.4 Å². The quantitative estimate of drug-likeness (QED) is 0.304. The maximum absolute atomic E-state index is 13.9. The number of carbonyl (C=O) groups excluding carboxylic acids is 1. The first-order valence-corrected chi connectivity index (χ1v) is 13.8. The van der Waals surface area contributed by atoms with Crippen LogP contribution < -0.4 is 10.2 Å². The van der Waals surface area contributed by atoms with Gasteiger partial charge in [-0.2, -0.15) is 5.10 Å². The molecule has 0 bridgehead atoms. The van der Waals surface area contributed by atoms with Gasteiger partial charge >= 0.3 is 0 Å². The van der Waals surface area contributed by atoms with Gasteiger partial charge in [0.05, 0.1) is 24.3 Å². The maximum atomic E-state index is 13.9. The molecule has 156 valence electrons. The van der Waals surface area contributed by atoms with E-state index in [1.54, 1.807) is 41.0 Å². The van der Waals surface area contributed by atoms with Gasteiger partial charge in [0.1, 0.15) is 0 Å². The lowest BCUT2D eigenvalue weighted by atomic mass is 10.1. The van der Waals surface area contributed by atoms with Crippen LogP contribution in [0.2, 0.25) is 0 Å². The Kier molecular flexibility index (Phi) is 6.36. The number of hydrogen-bond donors (Lipinski definition) is 1. The van der Waals surface area contributed by atoms with Crippen LogP contribution in [0, 0.1) is 0 Å². The van der Waals surface area contributed by atoms with Crippen LogP contribution in [0.4, 0.5) is 20.3 Å². The minimum Gasteiger partial charge on any atom is -0.349 e. The molecule has 0 aliphatic carbocycles. The summed E-state index contributed by atoms with van der Waals surface area (Å²) in [5.41, 5.74) is 2.10. The van der Waals surface area contributed by atoms with Crippen molar-refractivity contribution in [2.75, 3.05) is 23.3 Å². The van der Waals surface area contributed by atoms with E-state index in [0.717, 1.165) is 4.47 Å². The molecule has 3 heterocycles. The Balaban J connectivity index is 1.76. The smallest absolute Gasteiger partial charge is 0.266 e. The fourth-order valence-electron chi connectivity index (χ4n) is 3.25. The lowest BCUT2D eigenvalue weighted by molar-refractivity contribution is 0.0257. The number of aromatic nitrogens is 3. The zero-order valence-electron chi connectivity index (χ0n) is 15.4. The zero-order chi connectivity index (χ0) is 21.3. The highest BCUT2D eigenvalue weighted by Gasteiger charge is 2.40. The monoisotopic (exact) mass is 605 g/mol. The number of halogens is 4.